The zero-order valence-electron chi connectivity index (χ0n) is 13.0. The van der Waals surface area contributed by atoms with Crippen LogP contribution >= 0.6 is 11.8 Å². The Hall–Kier alpha value is -0.180. The van der Waals surface area contributed by atoms with Crippen LogP contribution in [0.1, 0.15) is 66.2 Å². The van der Waals surface area contributed by atoms with Gasteiger partial charge in [-0.15, -0.1) is 0 Å². The van der Waals surface area contributed by atoms with E-state index >= 15 is 0 Å². The minimum atomic E-state index is 0.311. The lowest BCUT2D eigenvalue weighted by molar-refractivity contribution is 0.241. The van der Waals surface area contributed by atoms with Crippen molar-refractivity contribution < 1.29 is 0 Å². The van der Waals surface area contributed by atoms with Gasteiger partial charge in [0.2, 0.25) is 0 Å². The van der Waals surface area contributed by atoms with Crippen LogP contribution in [0.25, 0.3) is 0 Å². The molecule has 2 aliphatic rings. The second-order valence-electron chi connectivity index (χ2n) is 6.60. The van der Waals surface area contributed by atoms with Crippen LogP contribution in [-0.2, 0) is 0 Å². The Morgan fingerprint density at radius 2 is 1.95 bits per heavy atom. The average molecular weight is 282 g/mol. The van der Waals surface area contributed by atoms with Crippen molar-refractivity contribution in [2.24, 2.45) is 16.8 Å². The molecule has 1 saturated heterocycles. The molecule has 2 unspecified atom stereocenters. The smallest absolute Gasteiger partial charge is 0.157 e. The first kappa shape index (κ1) is 15.2. The first-order valence-electron chi connectivity index (χ1n) is 8.09. The summed E-state index contributed by atoms with van der Waals surface area (Å²) < 4.78 is 0. The molecular formula is C16H30N2S. The highest BCUT2D eigenvalue weighted by atomic mass is 32.2. The topological polar surface area (TPSA) is 24.4 Å². The first-order valence-corrected chi connectivity index (χ1v) is 9.07. The van der Waals surface area contributed by atoms with E-state index in [0.717, 1.165) is 11.8 Å². The molecule has 110 valence electrons. The number of rotatable bonds is 4. The molecule has 1 aliphatic heterocycles. The van der Waals surface area contributed by atoms with Gasteiger partial charge in [0.1, 0.15) is 0 Å². The highest BCUT2D eigenvalue weighted by Crippen LogP contribution is 2.35. The van der Waals surface area contributed by atoms with Crippen LogP contribution in [0.5, 0.6) is 0 Å². The molecule has 1 aliphatic carbocycles. The summed E-state index contributed by atoms with van der Waals surface area (Å²) in [6.07, 6.45) is 7.83. The molecule has 0 aromatic heterocycles. The average Bonchev–Trinajstić information content (AvgIpc) is 2.83. The van der Waals surface area contributed by atoms with Crippen LogP contribution in [0.2, 0.25) is 0 Å². The van der Waals surface area contributed by atoms with Crippen LogP contribution in [0.4, 0.5) is 0 Å². The molecule has 0 aromatic rings. The molecule has 2 fully saturated rings. The predicted molar refractivity (Wildman–Crippen MR) is 86.9 cm³/mol. The van der Waals surface area contributed by atoms with E-state index in [2.05, 4.69) is 33.0 Å². The molecule has 1 N–H and O–H groups in total. The quantitative estimate of drug-likeness (QED) is 0.823. The summed E-state index contributed by atoms with van der Waals surface area (Å²) in [5, 5.41) is 4.95. The highest BCUT2D eigenvalue weighted by Gasteiger charge is 2.35. The van der Waals surface area contributed by atoms with E-state index in [4.69, 9.17) is 4.99 Å². The number of thioether (sulfide) groups is 1. The van der Waals surface area contributed by atoms with E-state index in [-0.39, 0.29) is 0 Å². The number of hydrogen-bond donors (Lipinski definition) is 1. The maximum Gasteiger partial charge on any atom is 0.157 e. The van der Waals surface area contributed by atoms with Gasteiger partial charge in [-0.3, -0.25) is 4.99 Å². The third-order valence-corrected chi connectivity index (χ3v) is 6.31. The predicted octanol–water partition coefficient (Wildman–Crippen LogP) is 4.45. The Balaban J connectivity index is 2.04. The van der Waals surface area contributed by atoms with Crippen molar-refractivity contribution in [3.8, 4) is 0 Å². The number of amidine groups is 1. The van der Waals surface area contributed by atoms with Gasteiger partial charge in [-0.25, -0.2) is 0 Å². The molecule has 0 aromatic carbocycles. The molecule has 19 heavy (non-hydrogen) atoms. The van der Waals surface area contributed by atoms with Gasteiger partial charge in [0.25, 0.3) is 0 Å². The molecule has 1 saturated carbocycles. The third-order valence-electron chi connectivity index (χ3n) is 5.13. The van der Waals surface area contributed by atoms with Gasteiger partial charge in [0, 0.05) is 11.3 Å². The van der Waals surface area contributed by atoms with Gasteiger partial charge in [0.15, 0.2) is 5.17 Å². The standard InChI is InChI=1S/C16H30N2S/c1-5-16(6-2)11-19-15(18-16)17-14-10-8-7-9-13(14)12(3)4/h12-14H,5-11H2,1-4H3,(H,17,18). The number of nitrogens with zero attached hydrogens (tertiary/aromatic N) is 1. The SMILES string of the molecule is CCC1(CC)CSC(=NC2CCCCC2C(C)C)N1. The summed E-state index contributed by atoms with van der Waals surface area (Å²) in [6, 6.07) is 0.563. The summed E-state index contributed by atoms with van der Waals surface area (Å²) >= 11 is 1.94. The molecule has 0 radical (unpaired) electrons. The fraction of sp³-hybridized carbons (Fsp3) is 0.938. The molecule has 2 rings (SSSR count). The number of hydrogen-bond acceptors (Lipinski definition) is 2. The van der Waals surface area contributed by atoms with Crippen LogP contribution in [0.3, 0.4) is 0 Å². The van der Waals surface area contributed by atoms with Crippen LogP contribution < -0.4 is 5.32 Å². The lowest BCUT2D eigenvalue weighted by atomic mass is 9.78. The molecule has 0 bridgehead atoms. The minimum absolute atomic E-state index is 0.311. The normalized spacial score (nSPS) is 32.8. The van der Waals surface area contributed by atoms with Crippen LogP contribution in [0.15, 0.2) is 4.99 Å². The Kier molecular flexibility index (Phi) is 5.22. The van der Waals surface area contributed by atoms with Gasteiger partial charge in [0.05, 0.1) is 6.04 Å². The number of nitrogens with one attached hydrogen (secondary N) is 1. The van der Waals surface area contributed by atoms with Crippen molar-refractivity contribution in [2.75, 3.05) is 5.75 Å². The minimum Gasteiger partial charge on any atom is -0.359 e. The zero-order valence-corrected chi connectivity index (χ0v) is 13.9. The van der Waals surface area contributed by atoms with Gasteiger partial charge >= 0.3 is 0 Å². The van der Waals surface area contributed by atoms with E-state index < -0.39 is 0 Å². The number of aliphatic imine (C=N–C) groups is 1. The Labute approximate surface area is 123 Å². The second kappa shape index (κ2) is 6.51. The lowest BCUT2D eigenvalue weighted by Gasteiger charge is -2.32. The van der Waals surface area contributed by atoms with E-state index in [1.165, 1.54) is 49.4 Å². The molecule has 2 atom stereocenters. The third kappa shape index (κ3) is 3.48. The largest absolute Gasteiger partial charge is 0.359 e. The molecule has 0 spiro atoms. The highest BCUT2D eigenvalue weighted by molar-refractivity contribution is 8.14. The fourth-order valence-electron chi connectivity index (χ4n) is 3.43. The van der Waals surface area contributed by atoms with Crippen molar-refractivity contribution in [3.63, 3.8) is 0 Å². The van der Waals surface area contributed by atoms with Crippen molar-refractivity contribution in [2.45, 2.75) is 77.8 Å². The molecule has 1 heterocycles. The second-order valence-corrected chi connectivity index (χ2v) is 7.56. The summed E-state index contributed by atoms with van der Waals surface area (Å²) in [5.41, 5.74) is 0.311. The summed E-state index contributed by atoms with van der Waals surface area (Å²) in [7, 11) is 0. The van der Waals surface area contributed by atoms with E-state index in [1.807, 2.05) is 11.8 Å². The van der Waals surface area contributed by atoms with Gasteiger partial charge < -0.3 is 5.32 Å². The van der Waals surface area contributed by atoms with Gasteiger partial charge in [-0.1, -0.05) is 52.3 Å². The van der Waals surface area contributed by atoms with E-state index in [0.29, 0.717) is 11.6 Å². The van der Waals surface area contributed by atoms with Crippen molar-refractivity contribution >= 4 is 16.9 Å². The fourth-order valence-corrected chi connectivity index (χ4v) is 4.83. The summed E-state index contributed by atoms with van der Waals surface area (Å²) in [6.45, 7) is 9.30. The molecule has 3 heteroatoms. The maximum atomic E-state index is 5.10. The van der Waals surface area contributed by atoms with Crippen molar-refractivity contribution in [1.82, 2.24) is 5.32 Å². The molecular weight excluding hydrogens is 252 g/mol. The van der Waals surface area contributed by atoms with Crippen molar-refractivity contribution in [3.05, 3.63) is 0 Å². The molecule has 0 amide bonds. The molecule has 2 nitrogen and oxygen atoms in total. The van der Waals surface area contributed by atoms with Crippen molar-refractivity contribution in [1.29, 1.82) is 0 Å². The summed E-state index contributed by atoms with van der Waals surface area (Å²) in [5.74, 6) is 2.75. The van der Waals surface area contributed by atoms with Gasteiger partial charge in [-0.2, -0.15) is 0 Å². The van der Waals surface area contributed by atoms with Crippen LogP contribution in [0, 0.1) is 11.8 Å². The Bertz CT molecular complexity index is 321. The Morgan fingerprint density at radius 1 is 1.26 bits per heavy atom. The van der Waals surface area contributed by atoms with E-state index in [1.54, 1.807) is 0 Å². The Morgan fingerprint density at radius 3 is 2.53 bits per heavy atom. The zero-order chi connectivity index (χ0) is 13.9. The van der Waals surface area contributed by atoms with Crippen LogP contribution in [-0.4, -0.2) is 22.5 Å². The lowest BCUT2D eigenvalue weighted by Crippen LogP contribution is -2.43. The summed E-state index contributed by atoms with van der Waals surface area (Å²) in [4.78, 5) is 5.10. The maximum absolute atomic E-state index is 5.10. The first-order chi connectivity index (χ1) is 9.10. The monoisotopic (exact) mass is 282 g/mol. The van der Waals surface area contributed by atoms with Gasteiger partial charge in [-0.05, 0) is 37.5 Å². The van der Waals surface area contributed by atoms with E-state index in [9.17, 15) is 0 Å².